The quantitative estimate of drug-likeness (QED) is 0.751. The topological polar surface area (TPSA) is 84.5 Å². The lowest BCUT2D eigenvalue weighted by molar-refractivity contribution is -0.153. The Morgan fingerprint density at radius 2 is 1.96 bits per heavy atom. The van der Waals surface area contributed by atoms with Gasteiger partial charge in [0, 0.05) is 10.6 Å². The molecule has 146 valence electrons. The molecule has 0 fully saturated rings. The number of nitrogens with one attached hydrogen (secondary N) is 2. The van der Waals surface area contributed by atoms with Crippen LogP contribution in [0.25, 0.3) is 0 Å². The summed E-state index contributed by atoms with van der Waals surface area (Å²) >= 11 is 1.32. The van der Waals surface area contributed by atoms with Gasteiger partial charge in [0.25, 0.3) is 5.91 Å². The maximum atomic E-state index is 12.3. The molecule has 0 saturated heterocycles. The van der Waals surface area contributed by atoms with E-state index < -0.39 is 23.2 Å². The van der Waals surface area contributed by atoms with Crippen molar-refractivity contribution in [2.24, 2.45) is 0 Å². The van der Waals surface area contributed by atoms with Crippen LogP contribution in [-0.2, 0) is 19.1 Å². The molecule has 0 aromatic heterocycles. The summed E-state index contributed by atoms with van der Waals surface area (Å²) in [4.78, 5) is 37.7. The zero-order valence-corrected chi connectivity index (χ0v) is 16.8. The smallest absolute Gasteiger partial charge is 0.308 e. The summed E-state index contributed by atoms with van der Waals surface area (Å²) in [5, 5.41) is 4.97. The monoisotopic (exact) mass is 398 g/mol. The molecule has 3 rings (SSSR count). The van der Waals surface area contributed by atoms with Crippen LogP contribution < -0.4 is 10.6 Å². The molecule has 6 nitrogen and oxygen atoms in total. The summed E-state index contributed by atoms with van der Waals surface area (Å²) in [6.07, 6.45) is -1.07. The Balaban J connectivity index is 1.55. The van der Waals surface area contributed by atoms with Crippen molar-refractivity contribution in [1.82, 2.24) is 0 Å². The summed E-state index contributed by atoms with van der Waals surface area (Å²) in [6.45, 7) is 5.39. The van der Waals surface area contributed by atoms with Crippen LogP contribution in [0.4, 0.5) is 11.4 Å². The van der Waals surface area contributed by atoms with E-state index >= 15 is 0 Å². The molecule has 2 aromatic rings. The van der Waals surface area contributed by atoms with Crippen molar-refractivity contribution in [3.05, 3.63) is 53.6 Å². The number of fused-ring (bicyclic) bond motifs is 1. The van der Waals surface area contributed by atoms with E-state index in [-0.39, 0.29) is 12.3 Å². The minimum Gasteiger partial charge on any atom is -0.452 e. The number of hydrogen-bond donors (Lipinski definition) is 2. The van der Waals surface area contributed by atoms with Crippen molar-refractivity contribution in [3.63, 3.8) is 0 Å². The molecule has 0 bridgehead atoms. The van der Waals surface area contributed by atoms with Crippen LogP contribution in [0.5, 0.6) is 0 Å². The second-order valence-corrected chi connectivity index (χ2v) is 7.98. The van der Waals surface area contributed by atoms with Gasteiger partial charge in [-0.15, -0.1) is 11.8 Å². The predicted octanol–water partition coefficient (Wildman–Crippen LogP) is 3.68. The highest BCUT2D eigenvalue weighted by Gasteiger charge is 2.30. The third-order valence-electron chi connectivity index (χ3n) is 4.38. The highest BCUT2D eigenvalue weighted by atomic mass is 32.2. The van der Waals surface area contributed by atoms with Gasteiger partial charge in [0.15, 0.2) is 6.10 Å². The van der Waals surface area contributed by atoms with Gasteiger partial charge in [-0.05, 0) is 44.5 Å². The number of thioether (sulfide) groups is 1. The average molecular weight is 398 g/mol. The van der Waals surface area contributed by atoms with Gasteiger partial charge in [-0.25, -0.2) is 0 Å². The molecule has 1 heterocycles. The number of carbonyl (C=O) groups excluding carboxylic acids is 3. The van der Waals surface area contributed by atoms with Gasteiger partial charge in [-0.2, -0.15) is 0 Å². The highest BCUT2D eigenvalue weighted by molar-refractivity contribution is 8.01. The lowest BCUT2D eigenvalue weighted by Crippen LogP contribution is -2.34. The van der Waals surface area contributed by atoms with Gasteiger partial charge >= 0.3 is 5.97 Å². The Labute approximate surface area is 168 Å². The molecular weight excluding hydrogens is 376 g/mol. The molecule has 2 N–H and O–H groups in total. The van der Waals surface area contributed by atoms with Crippen molar-refractivity contribution in [2.45, 2.75) is 43.4 Å². The molecule has 0 radical (unpaired) electrons. The molecule has 0 unspecified atom stereocenters. The minimum absolute atomic E-state index is 0.105. The average Bonchev–Trinajstić information content (AvgIpc) is 2.64. The maximum absolute atomic E-state index is 12.3. The van der Waals surface area contributed by atoms with Gasteiger partial charge in [0.05, 0.1) is 17.4 Å². The first-order chi connectivity index (χ1) is 13.3. The fourth-order valence-electron chi connectivity index (χ4n) is 2.87. The van der Waals surface area contributed by atoms with Gasteiger partial charge in [0.1, 0.15) is 0 Å². The molecule has 2 atom stereocenters. The van der Waals surface area contributed by atoms with Crippen LogP contribution >= 0.6 is 11.8 Å². The molecule has 0 saturated carbocycles. The minimum atomic E-state index is -0.961. The van der Waals surface area contributed by atoms with Gasteiger partial charge in [-0.1, -0.05) is 29.8 Å². The fraction of sp³-hybridized carbons (Fsp3) is 0.286. The Hall–Kier alpha value is -2.80. The van der Waals surface area contributed by atoms with Crippen LogP contribution in [0, 0.1) is 13.8 Å². The number of hydrogen-bond acceptors (Lipinski definition) is 5. The van der Waals surface area contributed by atoms with Crippen LogP contribution in [0.2, 0.25) is 0 Å². The summed E-state index contributed by atoms with van der Waals surface area (Å²) in [7, 11) is 0. The molecule has 7 heteroatoms. The maximum Gasteiger partial charge on any atom is 0.308 e. The summed E-state index contributed by atoms with van der Waals surface area (Å²) in [5.74, 6) is -1.24. The van der Waals surface area contributed by atoms with E-state index in [0.717, 1.165) is 21.7 Å². The van der Waals surface area contributed by atoms with E-state index in [9.17, 15) is 14.4 Å². The Morgan fingerprint density at radius 3 is 2.71 bits per heavy atom. The first-order valence-electron chi connectivity index (χ1n) is 8.97. The molecule has 2 amide bonds. The Morgan fingerprint density at radius 1 is 1.21 bits per heavy atom. The van der Waals surface area contributed by atoms with E-state index in [1.807, 2.05) is 56.3 Å². The van der Waals surface area contributed by atoms with E-state index in [1.165, 1.54) is 18.7 Å². The largest absolute Gasteiger partial charge is 0.452 e. The molecule has 0 spiro atoms. The predicted molar refractivity (Wildman–Crippen MR) is 109 cm³/mol. The fourth-order valence-corrected chi connectivity index (χ4v) is 3.96. The van der Waals surface area contributed by atoms with Gasteiger partial charge < -0.3 is 15.4 Å². The summed E-state index contributed by atoms with van der Waals surface area (Å²) in [5.41, 5.74) is 3.45. The molecule has 2 aromatic carbocycles. The summed E-state index contributed by atoms with van der Waals surface area (Å²) < 4.78 is 5.24. The number of carbonyl (C=O) groups is 3. The third-order valence-corrected chi connectivity index (χ3v) is 5.65. The second-order valence-electron chi connectivity index (χ2n) is 6.74. The van der Waals surface area contributed by atoms with Crippen LogP contribution in [-0.4, -0.2) is 29.1 Å². The first-order valence-corrected chi connectivity index (χ1v) is 9.85. The SMILES string of the molecule is Cc1ccc(NC(=O)[C@@H](C)OC(=O)C[C@H]2Sc3ccccc3NC2=O)c(C)c1. The van der Waals surface area contributed by atoms with Crippen LogP contribution in [0.1, 0.15) is 24.5 Å². The number of ether oxygens (including phenoxy) is 1. The van der Waals surface area contributed by atoms with E-state index in [4.69, 9.17) is 4.74 Å². The lowest BCUT2D eigenvalue weighted by Gasteiger charge is -2.23. The molecule has 28 heavy (non-hydrogen) atoms. The van der Waals surface area contributed by atoms with E-state index in [2.05, 4.69) is 10.6 Å². The summed E-state index contributed by atoms with van der Waals surface area (Å²) in [6, 6.07) is 13.1. The Kier molecular flexibility index (Phi) is 6.04. The lowest BCUT2D eigenvalue weighted by atomic mass is 10.1. The van der Waals surface area contributed by atoms with Gasteiger partial charge in [-0.3, -0.25) is 14.4 Å². The first kappa shape index (κ1) is 19.9. The van der Waals surface area contributed by atoms with Crippen molar-refractivity contribution >= 4 is 40.9 Å². The van der Waals surface area contributed by atoms with Crippen LogP contribution in [0.15, 0.2) is 47.4 Å². The van der Waals surface area contributed by atoms with Gasteiger partial charge in [0.2, 0.25) is 5.91 Å². The third kappa shape index (κ3) is 4.72. The molecular formula is C21H22N2O4S. The molecule has 1 aliphatic heterocycles. The highest BCUT2D eigenvalue weighted by Crippen LogP contribution is 2.36. The van der Waals surface area contributed by atoms with Crippen LogP contribution in [0.3, 0.4) is 0 Å². The molecule has 1 aliphatic rings. The zero-order valence-electron chi connectivity index (χ0n) is 15.9. The number of para-hydroxylation sites is 1. The van der Waals surface area contributed by atoms with E-state index in [0.29, 0.717) is 5.69 Å². The zero-order chi connectivity index (χ0) is 20.3. The molecule has 0 aliphatic carbocycles. The van der Waals surface area contributed by atoms with Crippen molar-refractivity contribution in [1.29, 1.82) is 0 Å². The number of aryl methyl sites for hydroxylation is 2. The van der Waals surface area contributed by atoms with Crippen molar-refractivity contribution in [2.75, 3.05) is 10.6 Å². The number of amides is 2. The second kappa shape index (κ2) is 8.48. The van der Waals surface area contributed by atoms with E-state index in [1.54, 1.807) is 0 Å². The normalized spacial score (nSPS) is 16.5. The van der Waals surface area contributed by atoms with Crippen molar-refractivity contribution < 1.29 is 19.1 Å². The number of anilines is 2. The number of benzene rings is 2. The number of rotatable bonds is 5. The standard InChI is InChI=1S/C21H22N2O4S/c1-12-8-9-15(13(2)10-12)22-20(25)14(3)27-19(24)11-18-21(26)23-16-6-4-5-7-17(16)28-18/h4-10,14,18H,11H2,1-3H3,(H,22,25)(H,23,26)/t14-,18-/m1/s1. The Bertz CT molecular complexity index is 928. The number of esters is 1. The van der Waals surface area contributed by atoms with Crippen molar-refractivity contribution in [3.8, 4) is 0 Å².